The third-order valence-corrected chi connectivity index (χ3v) is 2.81. The van der Waals surface area contributed by atoms with Gasteiger partial charge in [-0.25, -0.2) is 0 Å². The van der Waals surface area contributed by atoms with Gasteiger partial charge in [-0.2, -0.15) is 0 Å². The number of carbonyl (C=O) groups excluding carboxylic acids is 1. The summed E-state index contributed by atoms with van der Waals surface area (Å²) in [6.45, 7) is 0. The molecule has 0 saturated heterocycles. The van der Waals surface area contributed by atoms with E-state index in [9.17, 15) is 4.79 Å². The average molecular weight is 252 g/mol. The van der Waals surface area contributed by atoms with Crippen LogP contribution in [0.15, 0.2) is 48.8 Å². The minimum Gasteiger partial charge on any atom is -0.399 e. The Labute approximate surface area is 109 Å². The SMILES string of the molecule is Nc1ccc2[nH]c(C(=O)Nc3cccnc3)cc2c1. The van der Waals surface area contributed by atoms with E-state index in [-0.39, 0.29) is 5.91 Å². The van der Waals surface area contributed by atoms with Crippen molar-refractivity contribution in [2.75, 3.05) is 11.1 Å². The minimum absolute atomic E-state index is 0.206. The lowest BCUT2D eigenvalue weighted by Gasteiger charge is -2.01. The van der Waals surface area contributed by atoms with Crippen LogP contribution in [0.3, 0.4) is 0 Å². The number of carbonyl (C=O) groups is 1. The quantitative estimate of drug-likeness (QED) is 0.612. The Morgan fingerprint density at radius 2 is 2.16 bits per heavy atom. The highest BCUT2D eigenvalue weighted by atomic mass is 16.1. The number of aromatic nitrogens is 2. The lowest BCUT2D eigenvalue weighted by atomic mass is 10.2. The molecule has 0 aliphatic rings. The average Bonchev–Trinajstić information content (AvgIpc) is 2.83. The molecule has 0 unspecified atom stereocenters. The van der Waals surface area contributed by atoms with Crippen LogP contribution >= 0.6 is 0 Å². The zero-order valence-electron chi connectivity index (χ0n) is 10.1. The van der Waals surface area contributed by atoms with Gasteiger partial charge in [0.25, 0.3) is 5.91 Å². The molecule has 0 atom stereocenters. The summed E-state index contributed by atoms with van der Waals surface area (Å²) in [7, 11) is 0. The maximum absolute atomic E-state index is 12.1. The van der Waals surface area contributed by atoms with E-state index < -0.39 is 0 Å². The number of fused-ring (bicyclic) bond motifs is 1. The number of hydrogen-bond acceptors (Lipinski definition) is 3. The fourth-order valence-electron chi connectivity index (χ4n) is 1.91. The standard InChI is InChI=1S/C14H12N4O/c15-10-3-4-12-9(6-10)7-13(18-12)14(19)17-11-2-1-5-16-8-11/h1-8,18H,15H2,(H,17,19). The molecule has 2 heterocycles. The first-order chi connectivity index (χ1) is 9.22. The third-order valence-electron chi connectivity index (χ3n) is 2.81. The van der Waals surface area contributed by atoms with Crippen LogP contribution in [-0.2, 0) is 0 Å². The maximum atomic E-state index is 12.1. The molecule has 0 aliphatic heterocycles. The molecule has 0 fully saturated rings. The summed E-state index contributed by atoms with van der Waals surface area (Å²) in [5.74, 6) is -0.206. The largest absolute Gasteiger partial charge is 0.399 e. The zero-order valence-corrected chi connectivity index (χ0v) is 10.1. The van der Waals surface area contributed by atoms with Crippen LogP contribution in [0.5, 0.6) is 0 Å². The van der Waals surface area contributed by atoms with E-state index in [1.807, 2.05) is 12.1 Å². The van der Waals surface area contributed by atoms with E-state index in [2.05, 4.69) is 15.3 Å². The fraction of sp³-hybridized carbons (Fsp3) is 0. The Hall–Kier alpha value is -2.82. The summed E-state index contributed by atoms with van der Waals surface area (Å²) in [5.41, 5.74) is 8.41. The van der Waals surface area contributed by atoms with Crippen molar-refractivity contribution < 1.29 is 4.79 Å². The first-order valence-electron chi connectivity index (χ1n) is 5.82. The highest BCUT2D eigenvalue weighted by Crippen LogP contribution is 2.19. The molecule has 2 aromatic heterocycles. The second-order valence-electron chi connectivity index (χ2n) is 4.23. The molecule has 0 spiro atoms. The van der Waals surface area contributed by atoms with Gasteiger partial charge in [0.2, 0.25) is 0 Å². The maximum Gasteiger partial charge on any atom is 0.272 e. The second-order valence-corrected chi connectivity index (χ2v) is 4.23. The Morgan fingerprint density at radius 1 is 1.26 bits per heavy atom. The second kappa shape index (κ2) is 4.45. The summed E-state index contributed by atoms with van der Waals surface area (Å²) in [5, 5.41) is 3.68. The Balaban J connectivity index is 1.89. The van der Waals surface area contributed by atoms with Crippen LogP contribution in [0, 0.1) is 0 Å². The van der Waals surface area contributed by atoms with Crippen molar-refractivity contribution in [2.45, 2.75) is 0 Å². The summed E-state index contributed by atoms with van der Waals surface area (Å²) in [4.78, 5) is 19.1. The number of amides is 1. The Kier molecular flexibility index (Phi) is 2.64. The van der Waals surface area contributed by atoms with E-state index in [0.717, 1.165) is 10.9 Å². The van der Waals surface area contributed by atoms with Gasteiger partial charge in [0.05, 0.1) is 11.9 Å². The van der Waals surface area contributed by atoms with Gasteiger partial charge in [0.15, 0.2) is 0 Å². The molecule has 19 heavy (non-hydrogen) atoms. The summed E-state index contributed by atoms with van der Waals surface area (Å²) in [6.07, 6.45) is 3.25. The van der Waals surface area contributed by atoms with Crippen molar-refractivity contribution in [1.82, 2.24) is 9.97 Å². The first kappa shape index (κ1) is 11.3. The van der Waals surface area contributed by atoms with Crippen molar-refractivity contribution in [3.8, 4) is 0 Å². The molecule has 3 rings (SSSR count). The molecule has 94 valence electrons. The number of nitrogens with two attached hydrogens (primary N) is 1. The van der Waals surface area contributed by atoms with Gasteiger partial charge in [-0.1, -0.05) is 0 Å². The molecule has 5 nitrogen and oxygen atoms in total. The predicted octanol–water partition coefficient (Wildman–Crippen LogP) is 2.40. The molecule has 4 N–H and O–H groups in total. The van der Waals surface area contributed by atoms with Crippen molar-refractivity contribution in [3.05, 3.63) is 54.5 Å². The van der Waals surface area contributed by atoms with Crippen LogP contribution in [0.1, 0.15) is 10.5 Å². The lowest BCUT2D eigenvalue weighted by molar-refractivity contribution is 0.102. The van der Waals surface area contributed by atoms with Crippen LogP contribution < -0.4 is 11.1 Å². The molecule has 1 amide bonds. The number of nitrogens with zero attached hydrogens (tertiary/aromatic N) is 1. The van der Waals surface area contributed by atoms with Gasteiger partial charge in [0, 0.05) is 22.8 Å². The Bertz CT molecular complexity index is 734. The van der Waals surface area contributed by atoms with E-state index in [1.54, 1.807) is 36.7 Å². The smallest absolute Gasteiger partial charge is 0.272 e. The van der Waals surface area contributed by atoms with Crippen LogP contribution in [0.2, 0.25) is 0 Å². The number of nitrogen functional groups attached to an aromatic ring is 1. The van der Waals surface area contributed by atoms with Crippen LogP contribution in [-0.4, -0.2) is 15.9 Å². The van der Waals surface area contributed by atoms with E-state index in [1.165, 1.54) is 0 Å². The fourth-order valence-corrected chi connectivity index (χ4v) is 1.91. The van der Waals surface area contributed by atoms with Gasteiger partial charge in [0.1, 0.15) is 5.69 Å². The highest BCUT2D eigenvalue weighted by Gasteiger charge is 2.09. The highest BCUT2D eigenvalue weighted by molar-refractivity contribution is 6.06. The molecule has 1 aromatic carbocycles. The molecular weight excluding hydrogens is 240 g/mol. The van der Waals surface area contributed by atoms with Crippen LogP contribution in [0.25, 0.3) is 10.9 Å². The summed E-state index contributed by atoms with van der Waals surface area (Å²) >= 11 is 0. The molecular formula is C14H12N4O. The first-order valence-corrected chi connectivity index (χ1v) is 5.82. The van der Waals surface area contributed by atoms with Crippen LogP contribution in [0.4, 0.5) is 11.4 Å². The predicted molar refractivity (Wildman–Crippen MR) is 74.9 cm³/mol. The van der Waals surface area contributed by atoms with E-state index in [0.29, 0.717) is 17.1 Å². The number of anilines is 2. The molecule has 0 saturated carbocycles. The molecule has 5 heteroatoms. The van der Waals surface area contributed by atoms with Crippen molar-refractivity contribution in [1.29, 1.82) is 0 Å². The number of H-pyrrole nitrogens is 1. The topological polar surface area (TPSA) is 83.8 Å². The summed E-state index contributed by atoms with van der Waals surface area (Å²) in [6, 6.07) is 10.8. The number of benzene rings is 1. The van der Waals surface area contributed by atoms with Gasteiger partial charge in [-0.05, 0) is 36.4 Å². The minimum atomic E-state index is -0.206. The van der Waals surface area contributed by atoms with E-state index in [4.69, 9.17) is 5.73 Å². The number of pyridine rings is 1. The van der Waals surface area contributed by atoms with Crippen molar-refractivity contribution >= 4 is 28.2 Å². The normalized spacial score (nSPS) is 10.5. The zero-order chi connectivity index (χ0) is 13.2. The van der Waals surface area contributed by atoms with Gasteiger partial charge in [-0.15, -0.1) is 0 Å². The Morgan fingerprint density at radius 3 is 2.95 bits per heavy atom. The van der Waals surface area contributed by atoms with Gasteiger partial charge < -0.3 is 16.0 Å². The van der Waals surface area contributed by atoms with Crippen molar-refractivity contribution in [3.63, 3.8) is 0 Å². The van der Waals surface area contributed by atoms with Crippen molar-refractivity contribution in [2.24, 2.45) is 0 Å². The van der Waals surface area contributed by atoms with E-state index >= 15 is 0 Å². The number of aromatic amines is 1. The lowest BCUT2D eigenvalue weighted by Crippen LogP contribution is -2.12. The molecule has 3 aromatic rings. The monoisotopic (exact) mass is 252 g/mol. The summed E-state index contributed by atoms with van der Waals surface area (Å²) < 4.78 is 0. The number of hydrogen-bond donors (Lipinski definition) is 3. The van der Waals surface area contributed by atoms with Gasteiger partial charge >= 0.3 is 0 Å². The number of nitrogens with one attached hydrogen (secondary N) is 2. The molecule has 0 aliphatic carbocycles. The third kappa shape index (κ3) is 2.26. The van der Waals surface area contributed by atoms with Gasteiger partial charge in [-0.3, -0.25) is 9.78 Å². The number of rotatable bonds is 2. The molecule has 0 radical (unpaired) electrons. The molecule has 0 bridgehead atoms.